The first-order valence-electron chi connectivity index (χ1n) is 5.93. The summed E-state index contributed by atoms with van der Waals surface area (Å²) in [4.78, 5) is 6.58. The number of piperidine rings is 1. The van der Waals surface area contributed by atoms with Crippen molar-refractivity contribution in [2.75, 3.05) is 33.7 Å². The van der Waals surface area contributed by atoms with Crippen LogP contribution in [0.25, 0.3) is 0 Å². The SMILES string of the molecule is CN(C)CCc1noc([C@H]2CCCNC2)n1. The first-order valence-corrected chi connectivity index (χ1v) is 5.93. The van der Waals surface area contributed by atoms with Crippen molar-refractivity contribution in [3.8, 4) is 0 Å². The number of aromatic nitrogens is 2. The van der Waals surface area contributed by atoms with Crippen molar-refractivity contribution in [2.24, 2.45) is 0 Å². The fraction of sp³-hybridized carbons (Fsp3) is 0.818. The Hall–Kier alpha value is -0.940. The van der Waals surface area contributed by atoms with Gasteiger partial charge in [-0.1, -0.05) is 5.16 Å². The van der Waals surface area contributed by atoms with Gasteiger partial charge in [-0.15, -0.1) is 0 Å². The van der Waals surface area contributed by atoms with Gasteiger partial charge in [0.15, 0.2) is 5.82 Å². The van der Waals surface area contributed by atoms with Gasteiger partial charge in [-0.2, -0.15) is 4.98 Å². The van der Waals surface area contributed by atoms with E-state index in [2.05, 4.69) is 20.4 Å². The van der Waals surface area contributed by atoms with Crippen molar-refractivity contribution in [3.63, 3.8) is 0 Å². The average Bonchev–Trinajstić information content (AvgIpc) is 2.76. The zero-order valence-electron chi connectivity index (χ0n) is 10.1. The third kappa shape index (κ3) is 3.02. The maximum Gasteiger partial charge on any atom is 0.231 e. The molecule has 5 heteroatoms. The Morgan fingerprint density at radius 2 is 2.38 bits per heavy atom. The second-order valence-electron chi connectivity index (χ2n) is 4.65. The number of hydrogen-bond acceptors (Lipinski definition) is 5. The molecular weight excluding hydrogens is 204 g/mol. The lowest BCUT2D eigenvalue weighted by Crippen LogP contribution is -2.28. The van der Waals surface area contributed by atoms with Crippen LogP contribution < -0.4 is 5.32 Å². The molecule has 1 aliphatic heterocycles. The number of nitrogens with one attached hydrogen (secondary N) is 1. The van der Waals surface area contributed by atoms with Crippen molar-refractivity contribution < 1.29 is 4.52 Å². The Labute approximate surface area is 96.2 Å². The summed E-state index contributed by atoms with van der Waals surface area (Å²) in [7, 11) is 4.10. The van der Waals surface area contributed by atoms with E-state index in [-0.39, 0.29) is 0 Å². The van der Waals surface area contributed by atoms with Gasteiger partial charge in [0, 0.05) is 19.5 Å². The van der Waals surface area contributed by atoms with E-state index >= 15 is 0 Å². The summed E-state index contributed by atoms with van der Waals surface area (Å²) in [5, 5.41) is 7.38. The summed E-state index contributed by atoms with van der Waals surface area (Å²) in [5.41, 5.74) is 0. The molecule has 1 aromatic rings. The molecule has 0 unspecified atom stereocenters. The Kier molecular flexibility index (Phi) is 3.90. The highest BCUT2D eigenvalue weighted by molar-refractivity contribution is 4.97. The van der Waals surface area contributed by atoms with Crippen molar-refractivity contribution in [2.45, 2.75) is 25.2 Å². The Morgan fingerprint density at radius 1 is 1.50 bits per heavy atom. The largest absolute Gasteiger partial charge is 0.339 e. The van der Waals surface area contributed by atoms with Gasteiger partial charge >= 0.3 is 0 Å². The van der Waals surface area contributed by atoms with Crippen LogP contribution in [0, 0.1) is 0 Å². The molecule has 0 aliphatic carbocycles. The smallest absolute Gasteiger partial charge is 0.231 e. The molecule has 0 bridgehead atoms. The summed E-state index contributed by atoms with van der Waals surface area (Å²) in [5.74, 6) is 2.05. The summed E-state index contributed by atoms with van der Waals surface area (Å²) in [6.45, 7) is 3.04. The van der Waals surface area contributed by atoms with Crippen LogP contribution in [0.2, 0.25) is 0 Å². The van der Waals surface area contributed by atoms with Gasteiger partial charge in [-0.05, 0) is 33.5 Å². The molecule has 1 fully saturated rings. The highest BCUT2D eigenvalue weighted by Gasteiger charge is 2.21. The topological polar surface area (TPSA) is 54.2 Å². The predicted molar refractivity (Wildman–Crippen MR) is 61.4 cm³/mol. The van der Waals surface area contributed by atoms with E-state index in [9.17, 15) is 0 Å². The normalized spacial score (nSPS) is 21.6. The molecule has 5 nitrogen and oxygen atoms in total. The van der Waals surface area contributed by atoms with Crippen molar-refractivity contribution >= 4 is 0 Å². The first kappa shape index (κ1) is 11.5. The van der Waals surface area contributed by atoms with Crippen LogP contribution in [0.5, 0.6) is 0 Å². The molecule has 0 saturated carbocycles. The molecule has 1 saturated heterocycles. The van der Waals surface area contributed by atoms with Gasteiger partial charge in [0.05, 0.1) is 5.92 Å². The fourth-order valence-electron chi connectivity index (χ4n) is 1.92. The number of hydrogen-bond donors (Lipinski definition) is 1. The third-order valence-electron chi connectivity index (χ3n) is 2.91. The molecule has 1 aromatic heterocycles. The Balaban J connectivity index is 1.90. The lowest BCUT2D eigenvalue weighted by molar-refractivity contribution is 0.319. The molecule has 0 amide bonds. The van der Waals surface area contributed by atoms with E-state index in [0.29, 0.717) is 5.92 Å². The van der Waals surface area contributed by atoms with Crippen LogP contribution in [-0.4, -0.2) is 48.8 Å². The van der Waals surface area contributed by atoms with Crippen LogP contribution in [0.4, 0.5) is 0 Å². The third-order valence-corrected chi connectivity index (χ3v) is 2.91. The highest BCUT2D eigenvalue weighted by atomic mass is 16.5. The molecule has 90 valence electrons. The second-order valence-corrected chi connectivity index (χ2v) is 4.65. The quantitative estimate of drug-likeness (QED) is 0.813. The summed E-state index contributed by atoms with van der Waals surface area (Å²) < 4.78 is 5.32. The van der Waals surface area contributed by atoms with Crippen molar-refractivity contribution in [1.29, 1.82) is 0 Å². The summed E-state index contributed by atoms with van der Waals surface area (Å²) in [6.07, 6.45) is 3.21. The molecule has 0 aromatic carbocycles. The molecule has 0 spiro atoms. The molecule has 16 heavy (non-hydrogen) atoms. The van der Waals surface area contributed by atoms with Crippen LogP contribution in [0.1, 0.15) is 30.5 Å². The minimum absolute atomic E-state index is 0.411. The maximum atomic E-state index is 5.32. The minimum atomic E-state index is 0.411. The highest BCUT2D eigenvalue weighted by Crippen LogP contribution is 2.21. The van der Waals surface area contributed by atoms with Crippen LogP contribution in [0.3, 0.4) is 0 Å². The van der Waals surface area contributed by atoms with E-state index in [1.807, 2.05) is 14.1 Å². The summed E-state index contributed by atoms with van der Waals surface area (Å²) >= 11 is 0. The lowest BCUT2D eigenvalue weighted by Gasteiger charge is -2.18. The molecule has 2 heterocycles. The van der Waals surface area contributed by atoms with E-state index in [4.69, 9.17) is 4.52 Å². The van der Waals surface area contributed by atoms with Crippen molar-refractivity contribution in [3.05, 3.63) is 11.7 Å². The van der Waals surface area contributed by atoms with Crippen LogP contribution in [-0.2, 0) is 6.42 Å². The van der Waals surface area contributed by atoms with Crippen LogP contribution in [0.15, 0.2) is 4.52 Å². The molecule has 2 rings (SSSR count). The molecule has 1 aliphatic rings. The Bertz CT molecular complexity index is 318. The van der Waals surface area contributed by atoms with Crippen LogP contribution >= 0.6 is 0 Å². The van der Waals surface area contributed by atoms with Gasteiger partial charge in [0.25, 0.3) is 0 Å². The first-order chi connectivity index (χ1) is 7.75. The maximum absolute atomic E-state index is 5.32. The van der Waals surface area contributed by atoms with Gasteiger partial charge in [-0.3, -0.25) is 0 Å². The van der Waals surface area contributed by atoms with E-state index in [1.54, 1.807) is 0 Å². The minimum Gasteiger partial charge on any atom is -0.339 e. The monoisotopic (exact) mass is 224 g/mol. The second kappa shape index (κ2) is 5.41. The van der Waals surface area contributed by atoms with E-state index in [0.717, 1.165) is 44.2 Å². The zero-order chi connectivity index (χ0) is 11.4. The fourth-order valence-corrected chi connectivity index (χ4v) is 1.92. The zero-order valence-corrected chi connectivity index (χ0v) is 10.1. The number of rotatable bonds is 4. The molecular formula is C11H20N4O. The number of likely N-dealkylation sites (N-methyl/N-ethyl adjacent to an activating group) is 1. The average molecular weight is 224 g/mol. The molecule has 1 atom stereocenters. The van der Waals surface area contributed by atoms with Gasteiger partial charge in [-0.25, -0.2) is 0 Å². The lowest BCUT2D eigenvalue weighted by atomic mass is 10.00. The summed E-state index contributed by atoms with van der Waals surface area (Å²) in [6, 6.07) is 0. The number of nitrogens with zero attached hydrogens (tertiary/aromatic N) is 3. The van der Waals surface area contributed by atoms with Gasteiger partial charge in [0.2, 0.25) is 5.89 Å². The van der Waals surface area contributed by atoms with E-state index in [1.165, 1.54) is 6.42 Å². The Morgan fingerprint density at radius 3 is 3.06 bits per heavy atom. The van der Waals surface area contributed by atoms with Gasteiger partial charge in [0.1, 0.15) is 0 Å². The van der Waals surface area contributed by atoms with Gasteiger partial charge < -0.3 is 14.7 Å². The molecule has 0 radical (unpaired) electrons. The predicted octanol–water partition coefficient (Wildman–Crippen LogP) is 0.641. The molecule has 1 N–H and O–H groups in total. The standard InChI is InChI=1S/C11H20N4O/c1-15(2)7-5-10-13-11(16-14-10)9-4-3-6-12-8-9/h9,12H,3-8H2,1-2H3/t9-/m0/s1. The van der Waals surface area contributed by atoms with Crippen molar-refractivity contribution in [1.82, 2.24) is 20.4 Å². The van der Waals surface area contributed by atoms with E-state index < -0.39 is 0 Å².